The molecule has 0 aliphatic carbocycles. The average Bonchev–Trinajstić information content (AvgIpc) is 2.90. The number of nitriles is 1. The number of fused-ring (bicyclic) bond motifs is 1. The lowest BCUT2D eigenvalue weighted by Gasteiger charge is -2.12. The Morgan fingerprint density at radius 2 is 2.18 bits per heavy atom. The molecule has 0 unspecified atom stereocenters. The van der Waals surface area contributed by atoms with Gasteiger partial charge in [-0.1, -0.05) is 26.0 Å². The average molecular weight is 293 g/mol. The van der Waals surface area contributed by atoms with Gasteiger partial charge in [0.15, 0.2) is 5.65 Å². The predicted octanol–water partition coefficient (Wildman–Crippen LogP) is 2.27. The highest BCUT2D eigenvalue weighted by Crippen LogP contribution is 2.27. The van der Waals surface area contributed by atoms with E-state index in [9.17, 15) is 4.79 Å². The highest BCUT2D eigenvalue weighted by Gasteiger charge is 2.19. The molecule has 110 valence electrons. The molecule has 0 amide bonds. The van der Waals surface area contributed by atoms with Gasteiger partial charge in [-0.3, -0.25) is 9.89 Å². The maximum atomic E-state index is 12.7. The second kappa shape index (κ2) is 5.04. The van der Waals surface area contributed by atoms with Gasteiger partial charge < -0.3 is 5.73 Å². The Bertz CT molecular complexity index is 959. The van der Waals surface area contributed by atoms with Crippen LogP contribution in [-0.4, -0.2) is 14.6 Å². The number of nitrogens with one attached hydrogen (secondary N) is 1. The van der Waals surface area contributed by atoms with Crippen molar-refractivity contribution in [3.05, 3.63) is 51.9 Å². The van der Waals surface area contributed by atoms with E-state index in [1.807, 2.05) is 32.0 Å². The molecule has 0 atom stereocenters. The van der Waals surface area contributed by atoms with E-state index in [0.717, 1.165) is 5.56 Å². The van der Waals surface area contributed by atoms with E-state index in [0.29, 0.717) is 28.2 Å². The van der Waals surface area contributed by atoms with Gasteiger partial charge in [-0.05, 0) is 18.1 Å². The molecule has 3 aromatic rings. The third-order valence-corrected chi connectivity index (χ3v) is 3.55. The van der Waals surface area contributed by atoms with Gasteiger partial charge in [-0.15, -0.1) is 0 Å². The Morgan fingerprint density at radius 3 is 2.82 bits per heavy atom. The summed E-state index contributed by atoms with van der Waals surface area (Å²) in [5.74, 6) is -0.0119. The van der Waals surface area contributed by atoms with E-state index in [1.165, 1.54) is 10.7 Å². The molecule has 6 nitrogen and oxygen atoms in total. The van der Waals surface area contributed by atoms with Crippen molar-refractivity contribution in [3.8, 4) is 17.3 Å². The summed E-state index contributed by atoms with van der Waals surface area (Å²) in [5, 5.41) is 11.9. The van der Waals surface area contributed by atoms with Crippen molar-refractivity contribution in [2.75, 3.05) is 5.73 Å². The zero-order chi connectivity index (χ0) is 15.9. The van der Waals surface area contributed by atoms with E-state index in [-0.39, 0.29) is 11.5 Å². The first-order valence-corrected chi connectivity index (χ1v) is 6.93. The Hall–Kier alpha value is -3.07. The zero-order valence-electron chi connectivity index (χ0n) is 12.3. The highest BCUT2D eigenvalue weighted by atomic mass is 16.1. The fourth-order valence-electron chi connectivity index (χ4n) is 2.54. The van der Waals surface area contributed by atoms with Gasteiger partial charge in [-0.2, -0.15) is 5.26 Å². The SMILES string of the molecule is CC(C)c1c(-c2cccc(N)c2)nc2c(C#N)c[nH]n2c1=O. The fourth-order valence-corrected chi connectivity index (χ4v) is 2.54. The van der Waals surface area contributed by atoms with E-state index < -0.39 is 0 Å². The molecule has 0 spiro atoms. The summed E-state index contributed by atoms with van der Waals surface area (Å²) in [4.78, 5) is 17.3. The van der Waals surface area contributed by atoms with Gasteiger partial charge in [0.2, 0.25) is 0 Å². The number of anilines is 1. The van der Waals surface area contributed by atoms with Crippen LogP contribution in [0.1, 0.15) is 30.9 Å². The number of benzene rings is 1. The lowest BCUT2D eigenvalue weighted by Crippen LogP contribution is -2.22. The van der Waals surface area contributed by atoms with Crippen molar-refractivity contribution in [1.29, 1.82) is 5.26 Å². The number of aromatic amines is 1. The van der Waals surface area contributed by atoms with Gasteiger partial charge in [0.1, 0.15) is 11.6 Å². The normalized spacial score (nSPS) is 11.0. The van der Waals surface area contributed by atoms with Gasteiger partial charge in [0.25, 0.3) is 5.56 Å². The van der Waals surface area contributed by atoms with Crippen molar-refractivity contribution >= 4 is 11.3 Å². The Labute approximate surface area is 126 Å². The van der Waals surface area contributed by atoms with Crippen LogP contribution >= 0.6 is 0 Å². The maximum Gasteiger partial charge on any atom is 0.276 e. The molecule has 0 radical (unpaired) electrons. The Kier molecular flexibility index (Phi) is 3.18. The molecule has 0 fully saturated rings. The minimum atomic E-state index is -0.195. The Morgan fingerprint density at radius 1 is 1.41 bits per heavy atom. The molecule has 0 saturated heterocycles. The first kappa shape index (κ1) is 13.9. The van der Waals surface area contributed by atoms with E-state index in [2.05, 4.69) is 10.1 Å². The second-order valence-corrected chi connectivity index (χ2v) is 5.42. The van der Waals surface area contributed by atoms with Crippen LogP contribution < -0.4 is 11.3 Å². The van der Waals surface area contributed by atoms with Crippen LogP contribution in [0.4, 0.5) is 5.69 Å². The Balaban J connectivity index is 2.44. The standard InChI is InChI=1S/C16H15N5O/c1-9(2)13-14(10-4-3-5-12(18)6-10)20-15-11(7-17)8-19-21(15)16(13)22/h3-6,8-9,19H,18H2,1-2H3. The molecule has 2 heterocycles. The minimum Gasteiger partial charge on any atom is -0.399 e. The zero-order valence-corrected chi connectivity index (χ0v) is 12.3. The summed E-state index contributed by atoms with van der Waals surface area (Å²) in [6.45, 7) is 3.88. The topological polar surface area (TPSA) is 100.0 Å². The summed E-state index contributed by atoms with van der Waals surface area (Å²) >= 11 is 0. The number of nitrogens with zero attached hydrogens (tertiary/aromatic N) is 3. The minimum absolute atomic E-state index is 0.0119. The van der Waals surface area contributed by atoms with Crippen LogP contribution in [0.2, 0.25) is 0 Å². The van der Waals surface area contributed by atoms with E-state index >= 15 is 0 Å². The van der Waals surface area contributed by atoms with Crippen LogP contribution in [0.5, 0.6) is 0 Å². The summed E-state index contributed by atoms with van der Waals surface area (Å²) in [6.07, 6.45) is 1.48. The molecular formula is C16H15N5O. The molecule has 1 aromatic carbocycles. The molecule has 3 rings (SSSR count). The molecule has 6 heteroatoms. The van der Waals surface area contributed by atoms with E-state index in [1.54, 1.807) is 12.1 Å². The van der Waals surface area contributed by atoms with Crippen LogP contribution in [-0.2, 0) is 0 Å². The van der Waals surface area contributed by atoms with Crippen molar-refractivity contribution in [2.24, 2.45) is 0 Å². The van der Waals surface area contributed by atoms with Gasteiger partial charge in [0.05, 0.1) is 5.69 Å². The molecule has 0 aliphatic heterocycles. The van der Waals surface area contributed by atoms with Crippen LogP contribution in [0.3, 0.4) is 0 Å². The summed E-state index contributed by atoms with van der Waals surface area (Å²) in [5.41, 5.74) is 8.84. The number of aromatic nitrogens is 3. The summed E-state index contributed by atoms with van der Waals surface area (Å²) < 4.78 is 1.31. The summed E-state index contributed by atoms with van der Waals surface area (Å²) in [7, 11) is 0. The van der Waals surface area contributed by atoms with Gasteiger partial charge in [-0.25, -0.2) is 9.50 Å². The lowest BCUT2D eigenvalue weighted by atomic mass is 9.98. The number of nitrogens with two attached hydrogens (primary N) is 1. The van der Waals surface area contributed by atoms with Crippen molar-refractivity contribution in [3.63, 3.8) is 0 Å². The molecule has 0 aliphatic rings. The molecular weight excluding hydrogens is 278 g/mol. The first-order chi connectivity index (χ1) is 10.5. The van der Waals surface area contributed by atoms with Crippen molar-refractivity contribution < 1.29 is 0 Å². The fraction of sp³-hybridized carbons (Fsp3) is 0.188. The number of hydrogen-bond acceptors (Lipinski definition) is 4. The third kappa shape index (κ3) is 2.04. The molecule has 3 N–H and O–H groups in total. The third-order valence-electron chi connectivity index (χ3n) is 3.55. The summed E-state index contributed by atoms with van der Waals surface area (Å²) in [6, 6.07) is 9.28. The van der Waals surface area contributed by atoms with Gasteiger partial charge in [0, 0.05) is 23.0 Å². The molecule has 2 aromatic heterocycles. The van der Waals surface area contributed by atoms with Crippen LogP contribution in [0, 0.1) is 11.3 Å². The van der Waals surface area contributed by atoms with Gasteiger partial charge >= 0.3 is 0 Å². The number of hydrogen-bond donors (Lipinski definition) is 2. The number of rotatable bonds is 2. The maximum absolute atomic E-state index is 12.7. The number of nitrogen functional groups attached to an aromatic ring is 1. The van der Waals surface area contributed by atoms with E-state index in [4.69, 9.17) is 11.0 Å². The first-order valence-electron chi connectivity index (χ1n) is 6.93. The highest BCUT2D eigenvalue weighted by molar-refractivity contribution is 5.70. The molecule has 0 bridgehead atoms. The van der Waals surface area contributed by atoms with Crippen molar-refractivity contribution in [2.45, 2.75) is 19.8 Å². The molecule has 22 heavy (non-hydrogen) atoms. The smallest absolute Gasteiger partial charge is 0.276 e. The lowest BCUT2D eigenvalue weighted by molar-refractivity contribution is 0.797. The largest absolute Gasteiger partial charge is 0.399 e. The van der Waals surface area contributed by atoms with Crippen LogP contribution in [0.15, 0.2) is 35.3 Å². The van der Waals surface area contributed by atoms with Crippen LogP contribution in [0.25, 0.3) is 16.9 Å². The second-order valence-electron chi connectivity index (χ2n) is 5.42. The number of H-pyrrole nitrogens is 1. The predicted molar refractivity (Wildman–Crippen MR) is 84.5 cm³/mol. The monoisotopic (exact) mass is 293 g/mol. The molecule has 0 saturated carbocycles. The van der Waals surface area contributed by atoms with Crippen molar-refractivity contribution in [1.82, 2.24) is 14.6 Å². The quantitative estimate of drug-likeness (QED) is 0.708.